The van der Waals surface area contributed by atoms with Gasteiger partial charge < -0.3 is 10.2 Å². The Hall–Kier alpha value is -1.32. The zero-order chi connectivity index (χ0) is 13.8. The molecule has 0 saturated carbocycles. The third-order valence-electron chi connectivity index (χ3n) is 2.80. The second-order valence-electron chi connectivity index (χ2n) is 4.53. The van der Waals surface area contributed by atoms with Crippen molar-refractivity contribution in [2.45, 2.75) is 58.3 Å². The van der Waals surface area contributed by atoms with E-state index in [-0.39, 0.29) is 6.42 Å². The van der Waals surface area contributed by atoms with Gasteiger partial charge in [0, 0.05) is 0 Å². The third kappa shape index (κ3) is 9.87. The predicted molar refractivity (Wildman–Crippen MR) is 70.5 cm³/mol. The topological polar surface area (TPSA) is 74.6 Å². The maximum atomic E-state index is 10.8. The first-order valence-corrected chi connectivity index (χ1v) is 6.69. The third-order valence-corrected chi connectivity index (χ3v) is 2.80. The summed E-state index contributed by atoms with van der Waals surface area (Å²) >= 11 is 0. The summed E-state index contributed by atoms with van der Waals surface area (Å²) in [5.41, 5.74) is 0. The van der Waals surface area contributed by atoms with Crippen molar-refractivity contribution >= 4 is 11.9 Å². The molecule has 0 radical (unpaired) electrons. The van der Waals surface area contributed by atoms with Crippen molar-refractivity contribution in [1.29, 1.82) is 0 Å². The van der Waals surface area contributed by atoms with Crippen LogP contribution >= 0.6 is 0 Å². The SMILES string of the molecule is CCCCCCCCC=CC(CC(=O)O)C(=O)O. The van der Waals surface area contributed by atoms with Gasteiger partial charge in [-0.1, -0.05) is 51.2 Å². The van der Waals surface area contributed by atoms with Crippen LogP contribution in [0.5, 0.6) is 0 Å². The molecule has 0 aliphatic rings. The lowest BCUT2D eigenvalue weighted by atomic mass is 10.0. The summed E-state index contributed by atoms with van der Waals surface area (Å²) < 4.78 is 0. The van der Waals surface area contributed by atoms with Crippen molar-refractivity contribution < 1.29 is 19.8 Å². The van der Waals surface area contributed by atoms with Gasteiger partial charge in [0.2, 0.25) is 0 Å². The Labute approximate surface area is 109 Å². The van der Waals surface area contributed by atoms with E-state index in [1.165, 1.54) is 31.8 Å². The monoisotopic (exact) mass is 256 g/mol. The van der Waals surface area contributed by atoms with Gasteiger partial charge in [0.05, 0.1) is 12.3 Å². The quantitative estimate of drug-likeness (QED) is 0.438. The zero-order valence-corrected chi connectivity index (χ0v) is 11.1. The molecule has 4 heteroatoms. The maximum absolute atomic E-state index is 10.8. The van der Waals surface area contributed by atoms with Crippen LogP contribution in [0.25, 0.3) is 0 Å². The van der Waals surface area contributed by atoms with Crippen LogP contribution in [-0.2, 0) is 9.59 Å². The largest absolute Gasteiger partial charge is 0.481 e. The van der Waals surface area contributed by atoms with Crippen LogP contribution in [-0.4, -0.2) is 22.2 Å². The highest BCUT2D eigenvalue weighted by Crippen LogP contribution is 2.10. The minimum atomic E-state index is -1.08. The summed E-state index contributed by atoms with van der Waals surface area (Å²) in [5.74, 6) is -3.05. The van der Waals surface area contributed by atoms with Gasteiger partial charge in [0.25, 0.3) is 0 Å². The van der Waals surface area contributed by atoms with E-state index < -0.39 is 17.9 Å². The maximum Gasteiger partial charge on any atom is 0.310 e. The van der Waals surface area contributed by atoms with Crippen molar-refractivity contribution in [1.82, 2.24) is 0 Å². The van der Waals surface area contributed by atoms with E-state index in [0.29, 0.717) is 0 Å². The summed E-state index contributed by atoms with van der Waals surface area (Å²) in [6, 6.07) is 0. The van der Waals surface area contributed by atoms with E-state index in [2.05, 4.69) is 6.92 Å². The van der Waals surface area contributed by atoms with Gasteiger partial charge in [-0.25, -0.2) is 0 Å². The zero-order valence-electron chi connectivity index (χ0n) is 11.1. The van der Waals surface area contributed by atoms with Crippen molar-refractivity contribution in [3.63, 3.8) is 0 Å². The van der Waals surface area contributed by atoms with Gasteiger partial charge >= 0.3 is 11.9 Å². The van der Waals surface area contributed by atoms with Crippen molar-refractivity contribution in [2.75, 3.05) is 0 Å². The Bertz CT molecular complexity index is 271. The Morgan fingerprint density at radius 1 is 1.06 bits per heavy atom. The first-order valence-electron chi connectivity index (χ1n) is 6.69. The lowest BCUT2D eigenvalue weighted by Gasteiger charge is -2.03. The van der Waals surface area contributed by atoms with E-state index in [0.717, 1.165) is 19.3 Å². The minimum absolute atomic E-state index is 0.345. The van der Waals surface area contributed by atoms with Crippen LogP contribution in [0.15, 0.2) is 12.2 Å². The molecule has 1 unspecified atom stereocenters. The van der Waals surface area contributed by atoms with Crippen LogP contribution in [0.2, 0.25) is 0 Å². The molecule has 0 spiro atoms. The summed E-state index contributed by atoms with van der Waals surface area (Å²) in [7, 11) is 0. The molecular weight excluding hydrogens is 232 g/mol. The summed E-state index contributed by atoms with van der Waals surface area (Å²) in [4.78, 5) is 21.2. The van der Waals surface area contributed by atoms with E-state index in [1.807, 2.05) is 0 Å². The van der Waals surface area contributed by atoms with E-state index >= 15 is 0 Å². The highest BCUT2D eigenvalue weighted by atomic mass is 16.4. The fourth-order valence-corrected chi connectivity index (χ4v) is 1.73. The second kappa shape index (κ2) is 10.8. The Balaban J connectivity index is 3.70. The second-order valence-corrected chi connectivity index (χ2v) is 4.53. The van der Waals surface area contributed by atoms with Crippen LogP contribution in [0, 0.1) is 5.92 Å². The first kappa shape index (κ1) is 16.7. The molecule has 0 bridgehead atoms. The highest BCUT2D eigenvalue weighted by molar-refractivity contribution is 5.79. The standard InChI is InChI=1S/C14H24O4/c1-2-3-4-5-6-7-8-9-10-12(14(17)18)11-13(15)16/h9-10,12H,2-8,11H2,1H3,(H,15,16)(H,17,18). The highest BCUT2D eigenvalue weighted by Gasteiger charge is 2.17. The Morgan fingerprint density at radius 3 is 2.22 bits per heavy atom. The number of rotatable bonds is 11. The molecule has 0 aromatic heterocycles. The first-order chi connectivity index (χ1) is 8.57. The van der Waals surface area contributed by atoms with Gasteiger partial charge in [-0.05, 0) is 12.8 Å². The Kier molecular flexibility index (Phi) is 10.0. The number of unbranched alkanes of at least 4 members (excludes halogenated alkanes) is 6. The summed E-state index contributed by atoms with van der Waals surface area (Å²) in [6.07, 6.45) is 11.0. The van der Waals surface area contributed by atoms with Crippen LogP contribution in [0.4, 0.5) is 0 Å². The lowest BCUT2D eigenvalue weighted by Crippen LogP contribution is -2.15. The molecule has 2 N–H and O–H groups in total. The van der Waals surface area contributed by atoms with Crippen molar-refractivity contribution in [3.05, 3.63) is 12.2 Å². The van der Waals surface area contributed by atoms with Crippen LogP contribution in [0.3, 0.4) is 0 Å². The van der Waals surface area contributed by atoms with Crippen LogP contribution in [0.1, 0.15) is 58.3 Å². The molecule has 0 aromatic rings. The summed E-state index contributed by atoms with van der Waals surface area (Å²) in [6.45, 7) is 2.18. The molecule has 18 heavy (non-hydrogen) atoms. The number of carboxylic acid groups (broad SMARTS) is 2. The number of allylic oxidation sites excluding steroid dienone is 1. The molecule has 0 aliphatic carbocycles. The number of aliphatic carboxylic acids is 2. The Morgan fingerprint density at radius 2 is 1.67 bits per heavy atom. The number of hydrogen-bond donors (Lipinski definition) is 2. The molecule has 0 rings (SSSR count). The van der Waals surface area contributed by atoms with Gasteiger partial charge in [-0.15, -0.1) is 0 Å². The van der Waals surface area contributed by atoms with Gasteiger partial charge in [0.15, 0.2) is 0 Å². The number of hydrogen-bond acceptors (Lipinski definition) is 2. The fourth-order valence-electron chi connectivity index (χ4n) is 1.73. The van der Waals surface area contributed by atoms with E-state index in [1.54, 1.807) is 6.08 Å². The molecule has 0 fully saturated rings. The van der Waals surface area contributed by atoms with E-state index in [4.69, 9.17) is 10.2 Å². The smallest absolute Gasteiger partial charge is 0.310 e. The summed E-state index contributed by atoms with van der Waals surface area (Å²) in [5, 5.41) is 17.4. The van der Waals surface area contributed by atoms with Crippen LogP contribution < -0.4 is 0 Å². The van der Waals surface area contributed by atoms with Gasteiger partial charge in [0.1, 0.15) is 0 Å². The molecule has 104 valence electrons. The van der Waals surface area contributed by atoms with Gasteiger partial charge in [-0.2, -0.15) is 0 Å². The molecule has 0 saturated heterocycles. The molecule has 1 atom stereocenters. The normalized spacial score (nSPS) is 12.7. The van der Waals surface area contributed by atoms with Crippen molar-refractivity contribution in [3.8, 4) is 0 Å². The average Bonchev–Trinajstić information content (AvgIpc) is 2.30. The molecular formula is C14H24O4. The minimum Gasteiger partial charge on any atom is -0.481 e. The molecule has 0 aliphatic heterocycles. The predicted octanol–water partition coefficient (Wildman–Crippen LogP) is 3.47. The molecule has 0 amide bonds. The average molecular weight is 256 g/mol. The molecule has 0 heterocycles. The van der Waals surface area contributed by atoms with Gasteiger partial charge in [-0.3, -0.25) is 9.59 Å². The lowest BCUT2D eigenvalue weighted by molar-refractivity contribution is -0.146. The molecule has 0 aromatic carbocycles. The van der Waals surface area contributed by atoms with Crippen molar-refractivity contribution in [2.24, 2.45) is 5.92 Å². The fraction of sp³-hybridized carbons (Fsp3) is 0.714. The molecule has 4 nitrogen and oxygen atoms in total. The number of carboxylic acids is 2. The van der Waals surface area contributed by atoms with E-state index in [9.17, 15) is 9.59 Å². The number of carbonyl (C=O) groups is 2.